The van der Waals surface area contributed by atoms with E-state index in [4.69, 9.17) is 10.5 Å². The van der Waals surface area contributed by atoms with Gasteiger partial charge in [0.25, 0.3) is 5.56 Å². The fourth-order valence-electron chi connectivity index (χ4n) is 1.60. The third kappa shape index (κ3) is 4.36. The van der Waals surface area contributed by atoms with Gasteiger partial charge < -0.3 is 15.4 Å². The predicted molar refractivity (Wildman–Crippen MR) is 71.0 cm³/mol. The van der Waals surface area contributed by atoms with Crippen molar-refractivity contribution in [2.24, 2.45) is 5.73 Å². The second-order valence-electron chi connectivity index (χ2n) is 3.89. The minimum Gasteiger partial charge on any atom is -0.490 e. The van der Waals surface area contributed by atoms with Crippen molar-refractivity contribution < 1.29 is 9.53 Å². The zero-order valence-electron chi connectivity index (χ0n) is 11.3. The van der Waals surface area contributed by atoms with Crippen molar-refractivity contribution in [2.45, 2.75) is 20.4 Å². The number of carbonyl (C=O) groups is 1. The highest BCUT2D eigenvalue weighted by atomic mass is 16.5. The topological polar surface area (TPSA) is 90.4 Å². The maximum Gasteiger partial charge on any atom is 0.270 e. The normalized spacial score (nSPS) is 10.3. The average molecular weight is 268 g/mol. The molecule has 1 heterocycles. The first-order valence-electron chi connectivity index (χ1n) is 6.30. The van der Waals surface area contributed by atoms with Gasteiger partial charge >= 0.3 is 0 Å². The fraction of sp³-hybridized carbons (Fsp3) is 0.583. The second-order valence-corrected chi connectivity index (χ2v) is 3.89. The summed E-state index contributed by atoms with van der Waals surface area (Å²) >= 11 is 0. The van der Waals surface area contributed by atoms with Crippen LogP contribution in [0.3, 0.4) is 0 Å². The van der Waals surface area contributed by atoms with Gasteiger partial charge in [-0.15, -0.1) is 0 Å². The number of nitrogens with two attached hydrogens (primary N) is 1. The van der Waals surface area contributed by atoms with E-state index >= 15 is 0 Å². The molecule has 0 saturated carbocycles. The van der Waals surface area contributed by atoms with Crippen LogP contribution in [0.2, 0.25) is 0 Å². The summed E-state index contributed by atoms with van der Waals surface area (Å²) in [5.41, 5.74) is 4.93. The first-order valence-corrected chi connectivity index (χ1v) is 6.30. The largest absolute Gasteiger partial charge is 0.490 e. The Morgan fingerprint density at radius 2 is 2.16 bits per heavy atom. The molecule has 0 spiro atoms. The van der Waals surface area contributed by atoms with Crippen molar-refractivity contribution in [3.63, 3.8) is 0 Å². The molecule has 1 rings (SSSR count). The Hall–Kier alpha value is -1.89. The Kier molecular flexibility index (Phi) is 6.01. The number of likely N-dealkylation sites (N-methyl/N-ethyl adjacent to an activating group) is 1. The molecule has 7 nitrogen and oxygen atoms in total. The van der Waals surface area contributed by atoms with Crippen molar-refractivity contribution in [3.8, 4) is 5.75 Å². The van der Waals surface area contributed by atoms with Crippen LogP contribution < -0.4 is 16.0 Å². The molecule has 1 aromatic rings. The summed E-state index contributed by atoms with van der Waals surface area (Å²) in [5.74, 6) is 0.234. The van der Waals surface area contributed by atoms with E-state index < -0.39 is 0 Å². The molecule has 7 heteroatoms. The molecule has 0 aromatic carbocycles. The smallest absolute Gasteiger partial charge is 0.270 e. The van der Waals surface area contributed by atoms with Gasteiger partial charge in [-0.25, -0.2) is 4.68 Å². The van der Waals surface area contributed by atoms with E-state index in [1.54, 1.807) is 4.90 Å². The van der Waals surface area contributed by atoms with E-state index in [1.165, 1.54) is 12.3 Å². The number of amides is 1. The molecule has 2 N–H and O–H groups in total. The van der Waals surface area contributed by atoms with Crippen molar-refractivity contribution in [1.82, 2.24) is 14.7 Å². The standard InChI is InChI=1S/C12H20N4O3/c1-3-15(4-2)12(18)9-16-11(17)7-10(8-14-16)19-6-5-13/h7-8H,3-6,9,13H2,1-2H3. The van der Waals surface area contributed by atoms with E-state index in [-0.39, 0.29) is 18.0 Å². The van der Waals surface area contributed by atoms with Gasteiger partial charge in [-0.2, -0.15) is 5.10 Å². The van der Waals surface area contributed by atoms with Gasteiger partial charge in [-0.3, -0.25) is 9.59 Å². The van der Waals surface area contributed by atoms with E-state index in [2.05, 4.69) is 5.10 Å². The summed E-state index contributed by atoms with van der Waals surface area (Å²) in [6.45, 7) is 5.64. The highest BCUT2D eigenvalue weighted by Crippen LogP contribution is 2.02. The molecule has 1 aromatic heterocycles. The first-order chi connectivity index (χ1) is 9.12. The summed E-state index contributed by atoms with van der Waals surface area (Å²) < 4.78 is 6.31. The van der Waals surface area contributed by atoms with E-state index in [9.17, 15) is 9.59 Å². The van der Waals surface area contributed by atoms with Gasteiger partial charge in [0.2, 0.25) is 5.91 Å². The molecule has 0 fully saturated rings. The number of carbonyl (C=O) groups excluding carboxylic acids is 1. The van der Waals surface area contributed by atoms with E-state index in [0.29, 0.717) is 32.0 Å². The molecule has 0 radical (unpaired) electrons. The molecular weight excluding hydrogens is 248 g/mol. The highest BCUT2D eigenvalue weighted by molar-refractivity contribution is 5.75. The summed E-state index contributed by atoms with van der Waals surface area (Å²) in [7, 11) is 0. The molecule has 0 aliphatic heterocycles. The van der Waals surface area contributed by atoms with Crippen molar-refractivity contribution in [1.29, 1.82) is 0 Å². The Balaban J connectivity index is 2.74. The van der Waals surface area contributed by atoms with Gasteiger partial charge in [-0.05, 0) is 13.8 Å². The first kappa shape index (κ1) is 15.2. The summed E-state index contributed by atoms with van der Waals surface area (Å²) in [4.78, 5) is 25.3. The monoisotopic (exact) mass is 268 g/mol. The lowest BCUT2D eigenvalue weighted by molar-refractivity contribution is -0.131. The molecule has 106 valence electrons. The second kappa shape index (κ2) is 7.52. The minimum absolute atomic E-state index is 0.0579. The van der Waals surface area contributed by atoms with Gasteiger partial charge in [-0.1, -0.05) is 0 Å². The van der Waals surface area contributed by atoms with Crippen LogP contribution in [0.1, 0.15) is 13.8 Å². The predicted octanol–water partition coefficient (Wildman–Crippen LogP) is -0.551. The molecule has 0 bridgehead atoms. The van der Waals surface area contributed by atoms with Crippen LogP contribution in [0.25, 0.3) is 0 Å². The van der Waals surface area contributed by atoms with Crippen LogP contribution in [0.4, 0.5) is 0 Å². The number of rotatable bonds is 7. The summed E-state index contributed by atoms with van der Waals surface area (Å²) in [6, 6.07) is 1.30. The van der Waals surface area contributed by atoms with Crippen LogP contribution in [0.15, 0.2) is 17.1 Å². The van der Waals surface area contributed by atoms with Crippen molar-refractivity contribution in [2.75, 3.05) is 26.2 Å². The van der Waals surface area contributed by atoms with Gasteiger partial charge in [0, 0.05) is 25.7 Å². The number of nitrogens with zero attached hydrogens (tertiary/aromatic N) is 3. The maximum absolute atomic E-state index is 11.9. The van der Waals surface area contributed by atoms with Gasteiger partial charge in [0.05, 0.1) is 6.20 Å². The molecule has 0 saturated heterocycles. The fourth-order valence-corrected chi connectivity index (χ4v) is 1.60. The number of aromatic nitrogens is 2. The minimum atomic E-state index is -0.366. The Bertz CT molecular complexity index is 468. The third-order valence-electron chi connectivity index (χ3n) is 2.63. The molecule has 0 aliphatic carbocycles. The molecule has 0 unspecified atom stereocenters. The van der Waals surface area contributed by atoms with Gasteiger partial charge in [0.15, 0.2) is 0 Å². The van der Waals surface area contributed by atoms with Crippen LogP contribution in [0, 0.1) is 0 Å². The lowest BCUT2D eigenvalue weighted by Crippen LogP contribution is -2.37. The van der Waals surface area contributed by atoms with Crippen LogP contribution >= 0.6 is 0 Å². The Morgan fingerprint density at radius 3 is 2.68 bits per heavy atom. The average Bonchev–Trinajstić information content (AvgIpc) is 2.40. The zero-order valence-corrected chi connectivity index (χ0v) is 11.3. The summed E-state index contributed by atoms with van der Waals surface area (Å²) in [5, 5.41) is 3.91. The van der Waals surface area contributed by atoms with Crippen molar-refractivity contribution in [3.05, 3.63) is 22.6 Å². The summed E-state index contributed by atoms with van der Waals surface area (Å²) in [6.07, 6.45) is 1.41. The zero-order chi connectivity index (χ0) is 14.3. The quantitative estimate of drug-likeness (QED) is 0.716. The van der Waals surface area contributed by atoms with Crippen LogP contribution in [0.5, 0.6) is 5.75 Å². The van der Waals surface area contributed by atoms with Crippen LogP contribution in [-0.4, -0.2) is 46.8 Å². The lowest BCUT2D eigenvalue weighted by atomic mass is 10.4. The Morgan fingerprint density at radius 1 is 1.47 bits per heavy atom. The molecule has 0 aliphatic rings. The molecule has 1 amide bonds. The van der Waals surface area contributed by atoms with Gasteiger partial charge in [0.1, 0.15) is 18.9 Å². The molecular formula is C12H20N4O3. The van der Waals surface area contributed by atoms with E-state index in [0.717, 1.165) is 4.68 Å². The lowest BCUT2D eigenvalue weighted by Gasteiger charge is -2.18. The van der Waals surface area contributed by atoms with Crippen molar-refractivity contribution >= 4 is 5.91 Å². The number of hydrogen-bond donors (Lipinski definition) is 1. The highest BCUT2D eigenvalue weighted by Gasteiger charge is 2.12. The molecule has 19 heavy (non-hydrogen) atoms. The van der Waals surface area contributed by atoms with Crippen LogP contribution in [-0.2, 0) is 11.3 Å². The SMILES string of the molecule is CCN(CC)C(=O)Cn1ncc(OCCN)cc1=O. The third-order valence-corrected chi connectivity index (χ3v) is 2.63. The number of ether oxygens (including phenoxy) is 1. The number of hydrogen-bond acceptors (Lipinski definition) is 5. The molecule has 0 atom stereocenters. The van der Waals surface area contributed by atoms with E-state index in [1.807, 2.05) is 13.8 Å². The Labute approximate surface area is 112 Å². The maximum atomic E-state index is 11.9.